The zero-order valence-corrected chi connectivity index (χ0v) is 20.4. The number of nitrogens with one attached hydrogen (secondary N) is 1. The van der Waals surface area contributed by atoms with Gasteiger partial charge in [-0.1, -0.05) is 78.0 Å². The number of benzene rings is 3. The minimum Gasteiger partial charge on any atom is -0.284 e. The summed E-state index contributed by atoms with van der Waals surface area (Å²) in [7, 11) is 0. The van der Waals surface area contributed by atoms with Crippen molar-refractivity contribution in [2.75, 3.05) is 5.75 Å². The van der Waals surface area contributed by atoms with Crippen LogP contribution in [-0.4, -0.2) is 36.4 Å². The number of rotatable bonds is 7. The molecule has 0 fully saturated rings. The molecule has 0 aliphatic carbocycles. The summed E-state index contributed by atoms with van der Waals surface area (Å²) in [6.45, 7) is 2.06. The molecule has 5 rings (SSSR count). The van der Waals surface area contributed by atoms with Gasteiger partial charge in [0.1, 0.15) is 0 Å². The third kappa shape index (κ3) is 5.23. The topological polar surface area (TPSA) is 90.0 Å². The lowest BCUT2D eigenvalue weighted by atomic mass is 10.1. The minimum atomic E-state index is -0.248. The van der Waals surface area contributed by atoms with Crippen molar-refractivity contribution in [3.63, 3.8) is 0 Å². The van der Waals surface area contributed by atoms with Crippen LogP contribution in [-0.2, 0) is 4.79 Å². The molecule has 10 heteroatoms. The summed E-state index contributed by atoms with van der Waals surface area (Å²) >= 11 is 2.71. The Balaban J connectivity index is 1.36. The number of nitrogens with zero attached hydrogens (tertiary/aromatic N) is 6. The van der Waals surface area contributed by atoms with Gasteiger partial charge in [-0.25, -0.2) is 5.43 Å². The zero-order valence-electron chi connectivity index (χ0n) is 18.8. The summed E-state index contributed by atoms with van der Waals surface area (Å²) in [4.78, 5) is 13.3. The van der Waals surface area contributed by atoms with Crippen LogP contribution in [0.15, 0.2) is 101 Å². The number of carbonyl (C=O) groups excluding carboxylic acids is 1. The molecule has 0 bridgehead atoms. The molecule has 0 radical (unpaired) electrons. The molecule has 0 spiro atoms. The highest BCUT2D eigenvalue weighted by Gasteiger charge is 2.13. The van der Waals surface area contributed by atoms with Gasteiger partial charge in [0.05, 0.1) is 17.1 Å². The van der Waals surface area contributed by atoms with Crippen LogP contribution in [0.1, 0.15) is 5.56 Å². The molecule has 3 aromatic carbocycles. The fourth-order valence-electron chi connectivity index (χ4n) is 3.41. The van der Waals surface area contributed by atoms with Crippen LogP contribution in [0.2, 0.25) is 0 Å². The first-order valence-electron chi connectivity index (χ1n) is 10.8. The summed E-state index contributed by atoms with van der Waals surface area (Å²) in [5.74, 6) is -0.124. The second-order valence-corrected chi connectivity index (χ2v) is 9.36. The highest BCUT2D eigenvalue weighted by molar-refractivity contribution is 7.99. The maximum absolute atomic E-state index is 12.6. The van der Waals surface area contributed by atoms with E-state index in [-0.39, 0.29) is 11.7 Å². The number of aromatic nitrogens is 5. The van der Waals surface area contributed by atoms with Gasteiger partial charge in [0.2, 0.25) is 9.96 Å². The number of tetrazole rings is 1. The second-order valence-electron chi connectivity index (χ2n) is 7.58. The molecule has 8 nitrogen and oxygen atoms in total. The monoisotopic (exact) mass is 499 g/mol. The molecular formula is C25H21N7OS2. The smallest absolute Gasteiger partial charge is 0.250 e. The van der Waals surface area contributed by atoms with E-state index in [1.54, 1.807) is 4.68 Å². The van der Waals surface area contributed by atoms with E-state index in [1.807, 2.05) is 70.6 Å². The van der Waals surface area contributed by atoms with Gasteiger partial charge in [0.25, 0.3) is 5.91 Å². The Labute approximate surface area is 210 Å². The number of thioether (sulfide) groups is 1. The lowest BCUT2D eigenvalue weighted by Crippen LogP contribution is -2.25. The molecule has 2 aromatic heterocycles. The van der Waals surface area contributed by atoms with Gasteiger partial charge >= 0.3 is 0 Å². The number of hydrogen-bond donors (Lipinski definition) is 1. The van der Waals surface area contributed by atoms with Gasteiger partial charge in [0.15, 0.2) is 0 Å². The van der Waals surface area contributed by atoms with E-state index in [4.69, 9.17) is 0 Å². The molecule has 0 unspecified atom stereocenters. The maximum Gasteiger partial charge on any atom is 0.250 e. The fraction of sp³-hybridized carbons (Fsp3) is 0.0800. The Morgan fingerprint density at radius 2 is 1.66 bits per heavy atom. The number of amides is 1. The highest BCUT2D eigenvalue weighted by Crippen LogP contribution is 2.24. The molecule has 5 aromatic rings. The maximum atomic E-state index is 12.6. The van der Waals surface area contributed by atoms with Crippen molar-refractivity contribution in [2.24, 2.45) is 5.10 Å². The van der Waals surface area contributed by atoms with E-state index >= 15 is 0 Å². The second kappa shape index (κ2) is 10.5. The first kappa shape index (κ1) is 22.8. The van der Waals surface area contributed by atoms with Crippen molar-refractivity contribution in [1.29, 1.82) is 0 Å². The summed E-state index contributed by atoms with van der Waals surface area (Å²) in [5, 5.41) is 18.8. The largest absolute Gasteiger partial charge is 0.284 e. The van der Waals surface area contributed by atoms with Gasteiger partial charge in [0, 0.05) is 11.1 Å². The number of carbonyl (C=O) groups is 1. The van der Waals surface area contributed by atoms with Crippen molar-refractivity contribution in [3.8, 4) is 22.6 Å². The van der Waals surface area contributed by atoms with Crippen LogP contribution in [0.3, 0.4) is 0 Å². The van der Waals surface area contributed by atoms with Crippen molar-refractivity contribution >= 4 is 29.0 Å². The molecule has 0 saturated carbocycles. The van der Waals surface area contributed by atoms with E-state index in [0.717, 1.165) is 22.6 Å². The number of hydrogen-bond acceptors (Lipinski definition) is 7. The summed E-state index contributed by atoms with van der Waals surface area (Å²) in [6.07, 6.45) is 0. The SMILES string of the molecule is Cc1ccc(-c2cs/c(=N/NC(=O)CSc3nnnn3-c3ccccc3)n2-c2ccccc2)cc1. The Hall–Kier alpha value is -4.02. The predicted octanol–water partition coefficient (Wildman–Crippen LogP) is 4.21. The molecule has 0 aliphatic rings. The summed E-state index contributed by atoms with van der Waals surface area (Å²) in [6, 6.07) is 27.9. The van der Waals surface area contributed by atoms with Crippen molar-refractivity contribution in [2.45, 2.75) is 12.1 Å². The van der Waals surface area contributed by atoms with Crippen molar-refractivity contribution < 1.29 is 4.79 Å². The lowest BCUT2D eigenvalue weighted by Gasteiger charge is -2.09. The lowest BCUT2D eigenvalue weighted by molar-refractivity contribution is -0.118. The Kier molecular flexibility index (Phi) is 6.82. The van der Waals surface area contributed by atoms with Crippen LogP contribution >= 0.6 is 23.1 Å². The average molecular weight is 500 g/mol. The molecule has 1 N–H and O–H groups in total. The Morgan fingerprint density at radius 3 is 2.37 bits per heavy atom. The van der Waals surface area contributed by atoms with Gasteiger partial charge in [-0.2, -0.15) is 4.68 Å². The summed E-state index contributed by atoms with van der Waals surface area (Å²) < 4.78 is 3.64. The minimum absolute atomic E-state index is 0.123. The number of thiazole rings is 1. The standard InChI is InChI=1S/C25H21N7OS2/c1-18-12-14-19(15-13-18)22-16-34-24(31(22)20-8-4-2-5-9-20)27-26-23(33)17-35-25-28-29-30-32(25)21-10-6-3-7-11-21/h2-16H,17H2,1H3,(H,26,33)/b27-24+. The predicted molar refractivity (Wildman–Crippen MR) is 137 cm³/mol. The van der Waals surface area contributed by atoms with E-state index in [9.17, 15) is 4.79 Å². The normalized spacial score (nSPS) is 11.5. The third-order valence-corrected chi connectivity index (χ3v) is 6.87. The van der Waals surface area contributed by atoms with Gasteiger partial charge in [-0.3, -0.25) is 9.36 Å². The molecule has 0 aliphatic heterocycles. The van der Waals surface area contributed by atoms with Gasteiger partial charge in [-0.05, 0) is 47.2 Å². The van der Waals surface area contributed by atoms with Crippen LogP contribution in [0.5, 0.6) is 0 Å². The van der Waals surface area contributed by atoms with Gasteiger partial charge < -0.3 is 0 Å². The van der Waals surface area contributed by atoms with E-state index in [2.05, 4.69) is 57.2 Å². The number of aryl methyl sites for hydroxylation is 1. The quantitative estimate of drug-likeness (QED) is 0.268. The number of para-hydroxylation sites is 2. The molecule has 1 amide bonds. The third-order valence-electron chi connectivity index (χ3n) is 5.12. The molecule has 0 atom stereocenters. The van der Waals surface area contributed by atoms with E-state index < -0.39 is 0 Å². The Bertz CT molecular complexity index is 1490. The van der Waals surface area contributed by atoms with Crippen molar-refractivity contribution in [1.82, 2.24) is 30.2 Å². The fourth-order valence-corrected chi connectivity index (χ4v) is 4.96. The zero-order chi connectivity index (χ0) is 24.0. The highest BCUT2D eigenvalue weighted by atomic mass is 32.2. The van der Waals surface area contributed by atoms with Gasteiger partial charge in [-0.15, -0.1) is 21.5 Å². The Morgan fingerprint density at radius 1 is 0.971 bits per heavy atom. The molecule has 0 saturated heterocycles. The van der Waals surface area contributed by atoms with Crippen LogP contribution in [0, 0.1) is 6.92 Å². The van der Waals surface area contributed by atoms with E-state index in [1.165, 1.54) is 28.7 Å². The van der Waals surface area contributed by atoms with Crippen LogP contribution in [0.4, 0.5) is 0 Å². The summed E-state index contributed by atoms with van der Waals surface area (Å²) in [5.41, 5.74) is 7.76. The van der Waals surface area contributed by atoms with Crippen molar-refractivity contribution in [3.05, 3.63) is 101 Å². The molecule has 2 heterocycles. The molecule has 174 valence electrons. The molecule has 35 heavy (non-hydrogen) atoms. The van der Waals surface area contributed by atoms with E-state index in [0.29, 0.717) is 9.96 Å². The first-order valence-corrected chi connectivity index (χ1v) is 12.7. The first-order chi connectivity index (χ1) is 17.2. The van der Waals surface area contributed by atoms with Crippen LogP contribution < -0.4 is 10.2 Å². The average Bonchev–Trinajstić information content (AvgIpc) is 3.55. The van der Waals surface area contributed by atoms with Crippen LogP contribution in [0.25, 0.3) is 22.6 Å². The molecular weight excluding hydrogens is 478 g/mol.